The van der Waals surface area contributed by atoms with Gasteiger partial charge in [-0.3, -0.25) is 28.7 Å². The number of β-amino-alcohol motifs (C(OH)–C–C–N with tert-alkyl or cyclic N) is 2. The number of fused-ring (bicyclic) bond motifs is 4. The van der Waals surface area contributed by atoms with E-state index < -0.39 is 13.2 Å². The lowest BCUT2D eigenvalue weighted by atomic mass is 9.79. The first-order valence-electron chi connectivity index (χ1n) is 28.0. The maximum absolute atomic E-state index is 14.1. The third-order valence-electron chi connectivity index (χ3n) is 16.0. The molecular formula is C62H70BBrN8O6. The van der Waals surface area contributed by atoms with E-state index in [0.717, 1.165) is 77.0 Å². The predicted octanol–water partition coefficient (Wildman–Crippen LogP) is 9.80. The molecule has 404 valence electrons. The molecule has 0 saturated heterocycles. The summed E-state index contributed by atoms with van der Waals surface area (Å²) < 4.78 is 4.02. The second-order valence-corrected chi connectivity index (χ2v) is 22.3. The fraction of sp³-hybridized carbons (Fsp3) is 0.387. The number of aliphatic hydroxyl groups is 2. The number of hydrogen-bond donors (Lipinski definition) is 4. The summed E-state index contributed by atoms with van der Waals surface area (Å²) in [6, 6.07) is 35.1. The van der Waals surface area contributed by atoms with Crippen LogP contribution in [0.1, 0.15) is 89.9 Å². The van der Waals surface area contributed by atoms with E-state index in [1.165, 1.54) is 64.2 Å². The highest BCUT2D eigenvalue weighted by Gasteiger charge is 2.29. The zero-order valence-electron chi connectivity index (χ0n) is 44.3. The summed E-state index contributed by atoms with van der Waals surface area (Å²) in [5.41, 5.74) is 4.94. The Morgan fingerprint density at radius 3 is 1.50 bits per heavy atom. The van der Waals surface area contributed by atoms with Gasteiger partial charge in [0, 0.05) is 75.2 Å². The molecule has 6 heterocycles. The molecule has 8 aromatic rings. The minimum atomic E-state index is -1.38. The van der Waals surface area contributed by atoms with Crippen LogP contribution in [-0.4, -0.2) is 94.8 Å². The highest BCUT2D eigenvalue weighted by atomic mass is 79.9. The van der Waals surface area contributed by atoms with E-state index in [2.05, 4.69) is 60.0 Å². The monoisotopic (exact) mass is 1110 g/mol. The molecule has 4 aliphatic rings. The molecule has 0 bridgehead atoms. The first-order valence-corrected chi connectivity index (χ1v) is 28.8. The number of benzene rings is 4. The van der Waals surface area contributed by atoms with Gasteiger partial charge in [-0.25, -0.2) is 9.97 Å². The van der Waals surface area contributed by atoms with Crippen molar-refractivity contribution in [1.29, 1.82) is 0 Å². The highest BCUT2D eigenvalue weighted by molar-refractivity contribution is 9.10. The number of aromatic nitrogens is 6. The molecular weight excluding hydrogens is 1040 g/mol. The van der Waals surface area contributed by atoms with Gasteiger partial charge >= 0.3 is 7.12 Å². The van der Waals surface area contributed by atoms with Crippen LogP contribution in [0.2, 0.25) is 0 Å². The summed E-state index contributed by atoms with van der Waals surface area (Å²) in [7, 11) is -1.38. The first-order chi connectivity index (χ1) is 38.1. The van der Waals surface area contributed by atoms with E-state index in [1.807, 2.05) is 77.4 Å². The zero-order valence-corrected chi connectivity index (χ0v) is 45.9. The van der Waals surface area contributed by atoms with E-state index in [1.54, 1.807) is 41.5 Å². The Labute approximate surface area is 464 Å². The molecule has 12 rings (SSSR count). The molecule has 2 saturated carbocycles. The lowest BCUT2D eigenvalue weighted by Crippen LogP contribution is -2.43. The van der Waals surface area contributed by atoms with Gasteiger partial charge < -0.3 is 30.1 Å². The molecule has 2 atom stereocenters. The molecule has 16 heteroatoms. The van der Waals surface area contributed by atoms with E-state index in [4.69, 9.17) is 20.0 Å². The van der Waals surface area contributed by atoms with Crippen LogP contribution in [0.4, 0.5) is 11.9 Å². The van der Waals surface area contributed by atoms with Gasteiger partial charge in [0.25, 0.3) is 11.1 Å². The zero-order chi connectivity index (χ0) is 54.0. The lowest BCUT2D eigenvalue weighted by molar-refractivity contribution is 0.133. The summed E-state index contributed by atoms with van der Waals surface area (Å²) in [5, 5.41) is 44.0. The highest BCUT2D eigenvalue weighted by Crippen LogP contribution is 2.35. The number of rotatable bonds is 12. The second-order valence-electron chi connectivity index (χ2n) is 21.5. The fourth-order valence-electron chi connectivity index (χ4n) is 12.0. The molecule has 78 heavy (non-hydrogen) atoms. The lowest BCUT2D eigenvalue weighted by Gasteiger charge is -2.34. The third-order valence-corrected chi connectivity index (χ3v) is 16.7. The Hall–Kier alpha value is -6.56. The quantitative estimate of drug-likeness (QED) is 0.0852. The SMILES string of the molecule is O=c1c(-c2ccc3ccccc3c2)c(-c2ccncc2)nc2n1CCCN2CC(O)CC1CCCCC1.O=c1c(Br)c(-c2ccncc2)nc2n1CCCN2CC(O)CC1CCCCC1.OB(O)c1ccc2ccccc2c1. The molecule has 0 radical (unpaired) electrons. The molecule has 4 aromatic carbocycles. The topological polar surface area (TPSA) is 183 Å². The van der Waals surface area contributed by atoms with E-state index in [9.17, 15) is 19.8 Å². The van der Waals surface area contributed by atoms with Crippen LogP contribution in [0, 0.1) is 11.8 Å². The van der Waals surface area contributed by atoms with Gasteiger partial charge in [-0.2, -0.15) is 0 Å². The average molecular weight is 1110 g/mol. The molecule has 4 N–H and O–H groups in total. The minimum absolute atomic E-state index is 0.0291. The van der Waals surface area contributed by atoms with Crippen molar-refractivity contribution in [2.75, 3.05) is 36.0 Å². The largest absolute Gasteiger partial charge is 0.488 e. The van der Waals surface area contributed by atoms with Crippen molar-refractivity contribution in [1.82, 2.24) is 29.1 Å². The maximum atomic E-state index is 14.1. The summed E-state index contributed by atoms with van der Waals surface area (Å²) in [6.07, 6.45) is 22.1. The predicted molar refractivity (Wildman–Crippen MR) is 316 cm³/mol. The molecule has 4 aromatic heterocycles. The summed E-state index contributed by atoms with van der Waals surface area (Å²) in [4.78, 5) is 49.4. The Bertz CT molecular complexity index is 3410. The number of anilines is 2. The molecule has 2 unspecified atom stereocenters. The van der Waals surface area contributed by atoms with Crippen molar-refractivity contribution in [2.24, 2.45) is 11.8 Å². The Kier molecular flexibility index (Phi) is 18.2. The van der Waals surface area contributed by atoms with Crippen LogP contribution in [-0.2, 0) is 13.1 Å². The van der Waals surface area contributed by atoms with Crippen molar-refractivity contribution in [3.8, 4) is 33.6 Å². The molecule has 2 aliphatic carbocycles. The van der Waals surface area contributed by atoms with Crippen LogP contribution in [0.3, 0.4) is 0 Å². The standard InChI is InChI=1S/C31H34N4O2.C21H27BrN4O2.C10H9BO2/c36-27(19-22-7-2-1-3-8-22)21-34-17-6-18-35-30(37)28(26-12-11-23-9-4-5-10-25(23)20-26)29(33-31(34)35)24-13-15-32-16-14-24;22-18-19(16-7-9-23-10-8-16)24-21-25(11-4-12-26(21)20(18)28)14-17(27)13-15-5-2-1-3-6-15;12-11(13)10-6-5-8-3-1-2-4-9(8)7-10/h4-5,9-16,20,22,27,36H,1-3,6-8,17-19,21H2;7-10,15,17,27H,1-6,11-14H2;1-7,12-13H. The number of hydrogen-bond acceptors (Lipinski definition) is 12. The molecule has 2 fully saturated rings. The Morgan fingerprint density at radius 2 is 0.974 bits per heavy atom. The van der Waals surface area contributed by atoms with Crippen LogP contribution in [0.15, 0.2) is 148 Å². The summed E-state index contributed by atoms with van der Waals surface area (Å²) >= 11 is 3.45. The maximum Gasteiger partial charge on any atom is 0.488 e. The number of aliphatic hydroxyl groups excluding tert-OH is 2. The van der Waals surface area contributed by atoms with Crippen molar-refractivity contribution in [2.45, 2.75) is 115 Å². The van der Waals surface area contributed by atoms with E-state index in [-0.39, 0.29) is 17.2 Å². The Morgan fingerprint density at radius 1 is 0.513 bits per heavy atom. The normalized spacial score (nSPS) is 16.5. The Balaban J connectivity index is 0.000000147. The van der Waals surface area contributed by atoms with Gasteiger partial charge in [0.2, 0.25) is 11.9 Å². The van der Waals surface area contributed by atoms with Gasteiger partial charge in [-0.1, -0.05) is 143 Å². The van der Waals surface area contributed by atoms with Crippen LogP contribution < -0.4 is 26.4 Å². The fourth-order valence-corrected chi connectivity index (χ4v) is 12.5. The van der Waals surface area contributed by atoms with Gasteiger partial charge in [-0.15, -0.1) is 0 Å². The van der Waals surface area contributed by atoms with Crippen LogP contribution >= 0.6 is 15.9 Å². The number of nitrogens with zero attached hydrogens (tertiary/aromatic N) is 8. The van der Waals surface area contributed by atoms with Crippen molar-refractivity contribution in [3.05, 3.63) is 159 Å². The van der Waals surface area contributed by atoms with Gasteiger partial charge in [0.15, 0.2) is 0 Å². The summed E-state index contributed by atoms with van der Waals surface area (Å²) in [5.74, 6) is 2.55. The van der Waals surface area contributed by atoms with Gasteiger partial charge in [0.05, 0.1) is 29.2 Å². The minimum Gasteiger partial charge on any atom is -0.423 e. The number of halogens is 1. The first kappa shape index (κ1) is 54.8. The van der Waals surface area contributed by atoms with Crippen LogP contribution in [0.5, 0.6) is 0 Å². The van der Waals surface area contributed by atoms with Crippen LogP contribution in [0.25, 0.3) is 55.2 Å². The van der Waals surface area contributed by atoms with Gasteiger partial charge in [0.1, 0.15) is 4.47 Å². The molecule has 0 amide bonds. The smallest absolute Gasteiger partial charge is 0.423 e. The van der Waals surface area contributed by atoms with Crippen molar-refractivity contribution < 1.29 is 20.3 Å². The average Bonchev–Trinajstić information content (AvgIpc) is 3.59. The van der Waals surface area contributed by atoms with Crippen molar-refractivity contribution in [3.63, 3.8) is 0 Å². The molecule has 14 nitrogen and oxygen atoms in total. The van der Waals surface area contributed by atoms with Gasteiger partial charge in [-0.05, 0) is 116 Å². The molecule has 2 aliphatic heterocycles. The van der Waals surface area contributed by atoms with E-state index >= 15 is 0 Å². The van der Waals surface area contributed by atoms with E-state index in [0.29, 0.717) is 76.8 Å². The summed E-state index contributed by atoms with van der Waals surface area (Å²) in [6.45, 7) is 3.93. The number of pyridine rings is 2. The second kappa shape index (κ2) is 25.9. The van der Waals surface area contributed by atoms with Crippen molar-refractivity contribution >= 4 is 62.0 Å². The molecule has 0 spiro atoms. The third kappa shape index (κ3) is 13.1.